The second-order valence-corrected chi connectivity index (χ2v) is 13.3. The third kappa shape index (κ3) is 7.43. The highest BCUT2D eigenvalue weighted by atomic mass is 19.2. The fourth-order valence-corrected chi connectivity index (χ4v) is 6.31. The van der Waals surface area contributed by atoms with Gasteiger partial charge in [0, 0.05) is 16.7 Å². The molecule has 67 heavy (non-hydrogen) atoms. The van der Waals surface area contributed by atoms with Crippen molar-refractivity contribution >= 4 is 7.32 Å². The summed E-state index contributed by atoms with van der Waals surface area (Å²) in [7, 11) is -4.43. The molecule has 6 aromatic carbocycles. The van der Waals surface area contributed by atoms with Crippen molar-refractivity contribution in [2.45, 2.75) is 20.8 Å². The van der Waals surface area contributed by atoms with E-state index in [1.54, 1.807) is 0 Å². The fraction of sp³-hybridized carbons (Fsp3) is 0.0769. The van der Waals surface area contributed by atoms with Crippen LogP contribution in [0.3, 0.4) is 0 Å². The first-order valence-corrected chi connectivity index (χ1v) is 17.1. The SMILES string of the molecule is Cc1c(F)c(F)c(F)c(F)c1-c1c(F)c(F)c(F)c(F)c1OB(Oc1c(F)c(F)c(F)c(F)c1-c1c(C)c(F)c(F)c(F)c1F)Oc1c(F)c(F)c(F)c(F)c1-c1c(C)c(F)c(F)c(F)c1F. The van der Waals surface area contributed by atoms with E-state index in [0.717, 1.165) is 0 Å². The number of hydrogen-bond acceptors (Lipinski definition) is 3. The Balaban J connectivity index is 1.79. The maximum Gasteiger partial charge on any atom is 0.864 e. The van der Waals surface area contributed by atoms with Crippen LogP contribution in [0, 0.1) is 160 Å². The molecule has 0 aliphatic heterocycles. The van der Waals surface area contributed by atoms with Crippen molar-refractivity contribution < 1.29 is 119 Å². The van der Waals surface area contributed by atoms with Gasteiger partial charge < -0.3 is 14.0 Å². The molecule has 0 heterocycles. The maximum atomic E-state index is 15.8. The summed E-state index contributed by atoms with van der Waals surface area (Å²) in [6, 6.07) is 0. The summed E-state index contributed by atoms with van der Waals surface area (Å²) in [5.74, 6) is -80.0. The smallest absolute Gasteiger partial charge is 0.486 e. The number of rotatable bonds is 9. The van der Waals surface area contributed by atoms with Crippen LogP contribution in [-0.2, 0) is 0 Å². The van der Waals surface area contributed by atoms with E-state index in [0.29, 0.717) is 0 Å². The highest BCUT2D eigenvalue weighted by Gasteiger charge is 2.45. The van der Waals surface area contributed by atoms with Gasteiger partial charge in [-0.2, -0.15) is 13.2 Å². The van der Waals surface area contributed by atoms with Gasteiger partial charge in [-0.3, -0.25) is 0 Å². The third-order valence-corrected chi connectivity index (χ3v) is 9.57. The van der Waals surface area contributed by atoms with Crippen molar-refractivity contribution in [2.24, 2.45) is 0 Å². The molecule has 0 fully saturated rings. The molecular formula is C39H9BF24O3. The van der Waals surface area contributed by atoms with Crippen LogP contribution in [0.25, 0.3) is 33.4 Å². The zero-order valence-electron chi connectivity index (χ0n) is 31.9. The second-order valence-electron chi connectivity index (χ2n) is 13.3. The Morgan fingerprint density at radius 3 is 0.537 bits per heavy atom. The molecule has 0 atom stereocenters. The normalized spacial score (nSPS) is 11.5. The summed E-state index contributed by atoms with van der Waals surface area (Å²) in [5, 5.41) is 0. The van der Waals surface area contributed by atoms with E-state index >= 15 is 39.5 Å². The third-order valence-electron chi connectivity index (χ3n) is 9.57. The van der Waals surface area contributed by atoms with Crippen molar-refractivity contribution in [3.05, 3.63) is 156 Å². The number of benzene rings is 6. The van der Waals surface area contributed by atoms with Gasteiger partial charge in [0.1, 0.15) is 0 Å². The molecule has 0 spiro atoms. The molecule has 0 saturated carbocycles. The summed E-state index contributed by atoms with van der Waals surface area (Å²) >= 11 is 0. The Hall–Kier alpha value is -6.90. The van der Waals surface area contributed by atoms with E-state index in [1.165, 1.54) is 0 Å². The molecule has 3 nitrogen and oxygen atoms in total. The first-order chi connectivity index (χ1) is 31.0. The van der Waals surface area contributed by atoms with Crippen LogP contribution in [-0.4, -0.2) is 7.32 Å². The van der Waals surface area contributed by atoms with Crippen LogP contribution in [0.4, 0.5) is 105 Å². The largest absolute Gasteiger partial charge is 0.864 e. The molecule has 0 unspecified atom stereocenters. The van der Waals surface area contributed by atoms with Crippen molar-refractivity contribution in [1.29, 1.82) is 0 Å². The van der Waals surface area contributed by atoms with Gasteiger partial charge in [-0.15, -0.1) is 0 Å². The number of halogens is 24. The van der Waals surface area contributed by atoms with E-state index in [-0.39, 0.29) is 20.8 Å². The maximum absolute atomic E-state index is 15.8. The zero-order chi connectivity index (χ0) is 50.5. The van der Waals surface area contributed by atoms with Crippen molar-refractivity contribution in [3.8, 4) is 50.6 Å². The quantitative estimate of drug-likeness (QED) is 0.0625. The van der Waals surface area contributed by atoms with Crippen LogP contribution in [0.15, 0.2) is 0 Å². The Kier molecular flexibility index (Phi) is 12.9. The molecule has 0 aliphatic rings. The molecule has 6 aromatic rings. The molecule has 6 rings (SSSR count). The van der Waals surface area contributed by atoms with E-state index in [9.17, 15) is 65.9 Å². The number of hydrogen-bond donors (Lipinski definition) is 0. The second kappa shape index (κ2) is 17.4. The molecule has 0 saturated heterocycles. The van der Waals surface area contributed by atoms with Gasteiger partial charge in [-0.1, -0.05) is 0 Å². The van der Waals surface area contributed by atoms with Gasteiger partial charge in [0.05, 0.1) is 16.7 Å². The van der Waals surface area contributed by atoms with Crippen molar-refractivity contribution in [1.82, 2.24) is 0 Å². The topological polar surface area (TPSA) is 27.7 Å². The lowest BCUT2D eigenvalue weighted by Crippen LogP contribution is -2.39. The Labute approximate surface area is 354 Å². The van der Waals surface area contributed by atoms with Gasteiger partial charge in [0.15, 0.2) is 122 Å². The molecular weight excluding hydrogens is 983 g/mol. The van der Waals surface area contributed by atoms with E-state index in [4.69, 9.17) is 0 Å². The fourth-order valence-electron chi connectivity index (χ4n) is 6.31. The molecule has 0 aliphatic carbocycles. The van der Waals surface area contributed by atoms with Crippen LogP contribution in [0.1, 0.15) is 16.7 Å². The van der Waals surface area contributed by atoms with E-state index in [1.807, 2.05) is 0 Å². The molecule has 0 amide bonds. The zero-order valence-corrected chi connectivity index (χ0v) is 31.9. The monoisotopic (exact) mass is 992 g/mol. The highest BCUT2D eigenvalue weighted by molar-refractivity contribution is 6.40. The highest BCUT2D eigenvalue weighted by Crippen LogP contribution is 2.48. The van der Waals surface area contributed by atoms with Crippen molar-refractivity contribution in [3.63, 3.8) is 0 Å². The van der Waals surface area contributed by atoms with Crippen LogP contribution in [0.5, 0.6) is 17.2 Å². The summed E-state index contributed by atoms with van der Waals surface area (Å²) in [6.45, 7) is 0.489. The van der Waals surface area contributed by atoms with Crippen molar-refractivity contribution in [2.75, 3.05) is 0 Å². The Morgan fingerprint density at radius 2 is 0.343 bits per heavy atom. The van der Waals surface area contributed by atoms with Gasteiger partial charge in [-0.25, -0.2) is 92.2 Å². The van der Waals surface area contributed by atoms with Gasteiger partial charge in [-0.05, 0) is 37.5 Å². The lowest BCUT2D eigenvalue weighted by Gasteiger charge is -2.24. The van der Waals surface area contributed by atoms with Gasteiger partial charge >= 0.3 is 7.32 Å². The minimum Gasteiger partial charge on any atom is -0.486 e. The van der Waals surface area contributed by atoms with Gasteiger partial charge in [0.2, 0.25) is 34.9 Å². The average molecular weight is 992 g/mol. The first-order valence-electron chi connectivity index (χ1n) is 17.1. The molecule has 0 aromatic heterocycles. The lowest BCUT2D eigenvalue weighted by atomic mass is 9.95. The summed E-state index contributed by atoms with van der Waals surface area (Å²) in [5.41, 5.74) is -19.9. The molecule has 0 bridgehead atoms. The van der Waals surface area contributed by atoms with Crippen LogP contribution >= 0.6 is 0 Å². The summed E-state index contributed by atoms with van der Waals surface area (Å²) in [6.07, 6.45) is 0. The van der Waals surface area contributed by atoms with E-state index < -0.39 is 214 Å². The lowest BCUT2D eigenvalue weighted by molar-refractivity contribution is 0.274. The molecule has 28 heteroatoms. The molecule has 0 N–H and O–H groups in total. The Morgan fingerprint density at radius 1 is 0.194 bits per heavy atom. The van der Waals surface area contributed by atoms with E-state index in [2.05, 4.69) is 14.0 Å². The molecule has 0 radical (unpaired) electrons. The van der Waals surface area contributed by atoms with Crippen LogP contribution < -0.4 is 14.0 Å². The van der Waals surface area contributed by atoms with Crippen LogP contribution in [0.2, 0.25) is 0 Å². The first kappa shape index (κ1) is 49.5. The molecule has 354 valence electrons. The predicted molar refractivity (Wildman–Crippen MR) is 176 cm³/mol. The predicted octanol–water partition coefficient (Wildman–Crippen LogP) is 13.5. The standard InChI is InChI=1S/C39H9BF24O3/c1-4-7(16(44)25(53)22(50)13(4)41)10-19(47)28(56)31(59)34(62)37(10)65-40(66-38-11(20(48)29(57)32(60)35(38)63)8-5(2)14(42)23(51)26(54)17(8)45)67-39-12(21(49)30(58)33(61)36(39)64)9-6(3)15(43)24(52)27(55)18(9)46/h1-3H3. The Bertz CT molecular complexity index is 2740. The minimum atomic E-state index is -4.43. The summed E-state index contributed by atoms with van der Waals surface area (Å²) in [4.78, 5) is 0. The minimum absolute atomic E-state index is 0.163. The summed E-state index contributed by atoms with van der Waals surface area (Å²) < 4.78 is 374. The average Bonchev–Trinajstić information content (AvgIpc) is 3.30. The van der Waals surface area contributed by atoms with Gasteiger partial charge in [0.25, 0.3) is 0 Å².